The van der Waals surface area contributed by atoms with Gasteiger partial charge in [0.2, 0.25) is 5.91 Å². The quantitative estimate of drug-likeness (QED) is 0.779. The summed E-state index contributed by atoms with van der Waals surface area (Å²) in [5, 5.41) is 10.8. The Kier molecular flexibility index (Phi) is 2.86. The smallest absolute Gasteiger partial charge is 0.249 e. The van der Waals surface area contributed by atoms with E-state index in [9.17, 15) is 9.90 Å². The van der Waals surface area contributed by atoms with Gasteiger partial charge in [-0.15, -0.1) is 11.3 Å². The number of piperidine rings is 1. The highest BCUT2D eigenvalue weighted by atomic mass is 32.1. The molecule has 0 bridgehead atoms. The van der Waals surface area contributed by atoms with Gasteiger partial charge in [-0.05, 0) is 6.92 Å². The number of hydrogen-bond donors (Lipinski definition) is 2. The van der Waals surface area contributed by atoms with E-state index in [-0.39, 0.29) is 0 Å². The first kappa shape index (κ1) is 11.3. The molecule has 2 heterocycles. The van der Waals surface area contributed by atoms with Crippen molar-refractivity contribution in [3.63, 3.8) is 0 Å². The fraction of sp³-hybridized carbons (Fsp3) is 0.600. The summed E-state index contributed by atoms with van der Waals surface area (Å²) in [5.74, 6) is -0.623. The monoisotopic (exact) mass is 241 g/mol. The van der Waals surface area contributed by atoms with E-state index in [1.165, 1.54) is 0 Å². The van der Waals surface area contributed by atoms with Crippen LogP contribution < -0.4 is 10.6 Å². The zero-order chi connectivity index (χ0) is 11.8. The van der Waals surface area contributed by atoms with Crippen molar-refractivity contribution in [3.8, 4) is 0 Å². The fourth-order valence-corrected chi connectivity index (χ4v) is 2.61. The summed E-state index contributed by atoms with van der Waals surface area (Å²) in [4.78, 5) is 18.6. The van der Waals surface area contributed by atoms with Crippen molar-refractivity contribution in [1.82, 2.24) is 4.98 Å². The maximum atomic E-state index is 11.1. The summed E-state index contributed by atoms with van der Waals surface area (Å²) in [5.41, 5.74) is 3.84. The molecule has 5 nitrogen and oxygen atoms in total. The summed E-state index contributed by atoms with van der Waals surface area (Å²) < 4.78 is 0. The Morgan fingerprint density at radius 2 is 2.25 bits per heavy atom. The summed E-state index contributed by atoms with van der Waals surface area (Å²) in [6, 6.07) is 0. The highest BCUT2D eigenvalue weighted by molar-refractivity contribution is 7.15. The van der Waals surface area contributed by atoms with Crippen LogP contribution in [0.5, 0.6) is 0 Å². The molecule has 0 aliphatic carbocycles. The van der Waals surface area contributed by atoms with Gasteiger partial charge in [-0.25, -0.2) is 4.98 Å². The molecule has 0 saturated carbocycles. The normalized spacial score (nSPS) is 19.8. The van der Waals surface area contributed by atoms with E-state index in [0.717, 1.165) is 10.0 Å². The first-order valence-electron chi connectivity index (χ1n) is 5.21. The van der Waals surface area contributed by atoms with Crippen LogP contribution in [-0.4, -0.2) is 34.7 Å². The lowest BCUT2D eigenvalue weighted by Gasteiger charge is -2.35. The molecule has 2 rings (SSSR count). The number of nitrogens with two attached hydrogens (primary N) is 1. The van der Waals surface area contributed by atoms with Gasteiger partial charge in [0.1, 0.15) is 5.60 Å². The molecule has 1 saturated heterocycles. The first-order chi connectivity index (χ1) is 7.51. The number of carbonyl (C=O) groups is 1. The van der Waals surface area contributed by atoms with Gasteiger partial charge < -0.3 is 15.7 Å². The average Bonchev–Trinajstić information content (AvgIpc) is 2.66. The van der Waals surface area contributed by atoms with Crippen LogP contribution in [0.2, 0.25) is 0 Å². The SMILES string of the molecule is Cc1cnc(N2CCC(O)(C(N)=O)CC2)s1. The van der Waals surface area contributed by atoms with Crippen molar-refractivity contribution in [3.05, 3.63) is 11.1 Å². The molecule has 1 aliphatic rings. The van der Waals surface area contributed by atoms with Crippen LogP contribution >= 0.6 is 11.3 Å². The highest BCUT2D eigenvalue weighted by Crippen LogP contribution is 2.28. The van der Waals surface area contributed by atoms with Crippen LogP contribution in [0.4, 0.5) is 5.13 Å². The topological polar surface area (TPSA) is 79.4 Å². The summed E-state index contributed by atoms with van der Waals surface area (Å²) in [6.45, 7) is 3.24. The van der Waals surface area contributed by atoms with Crippen molar-refractivity contribution in [2.24, 2.45) is 5.73 Å². The average molecular weight is 241 g/mol. The molecule has 0 atom stereocenters. The van der Waals surface area contributed by atoms with Crippen molar-refractivity contribution in [2.75, 3.05) is 18.0 Å². The number of thiazole rings is 1. The largest absolute Gasteiger partial charge is 0.380 e. The maximum absolute atomic E-state index is 11.1. The van der Waals surface area contributed by atoms with E-state index in [1.54, 1.807) is 11.3 Å². The minimum absolute atomic E-state index is 0.376. The van der Waals surface area contributed by atoms with Crippen molar-refractivity contribution < 1.29 is 9.90 Å². The Bertz CT molecular complexity index is 397. The zero-order valence-corrected chi connectivity index (χ0v) is 9.96. The third kappa shape index (κ3) is 2.03. The Morgan fingerprint density at radius 3 is 2.69 bits per heavy atom. The zero-order valence-electron chi connectivity index (χ0n) is 9.14. The van der Waals surface area contributed by atoms with E-state index < -0.39 is 11.5 Å². The molecular weight excluding hydrogens is 226 g/mol. The molecule has 88 valence electrons. The molecular formula is C10H15N3O2S. The molecule has 0 unspecified atom stereocenters. The van der Waals surface area contributed by atoms with Gasteiger partial charge in [0.05, 0.1) is 0 Å². The lowest BCUT2D eigenvalue weighted by atomic mass is 9.91. The number of anilines is 1. The predicted molar refractivity (Wildman–Crippen MR) is 62.4 cm³/mol. The Morgan fingerprint density at radius 1 is 1.62 bits per heavy atom. The van der Waals surface area contributed by atoms with Gasteiger partial charge in [0, 0.05) is 37.0 Å². The van der Waals surface area contributed by atoms with E-state index in [1.807, 2.05) is 13.1 Å². The van der Waals surface area contributed by atoms with Crippen LogP contribution in [0, 0.1) is 6.92 Å². The van der Waals surface area contributed by atoms with E-state index in [0.29, 0.717) is 25.9 Å². The Hall–Kier alpha value is -1.14. The lowest BCUT2D eigenvalue weighted by molar-refractivity contribution is -0.138. The number of aryl methyl sites for hydroxylation is 1. The molecule has 3 N–H and O–H groups in total. The van der Waals surface area contributed by atoms with Crippen LogP contribution in [0.3, 0.4) is 0 Å². The number of aromatic nitrogens is 1. The Balaban J connectivity index is 2.03. The molecule has 0 spiro atoms. The molecule has 1 fully saturated rings. The van der Waals surface area contributed by atoms with Gasteiger partial charge in [-0.2, -0.15) is 0 Å². The minimum Gasteiger partial charge on any atom is -0.380 e. The number of carbonyl (C=O) groups excluding carboxylic acids is 1. The maximum Gasteiger partial charge on any atom is 0.249 e. The molecule has 1 aliphatic heterocycles. The first-order valence-corrected chi connectivity index (χ1v) is 6.02. The second-order valence-corrected chi connectivity index (χ2v) is 5.35. The summed E-state index contributed by atoms with van der Waals surface area (Å²) in [7, 11) is 0. The van der Waals surface area contributed by atoms with Gasteiger partial charge in [-0.1, -0.05) is 0 Å². The standard InChI is InChI=1S/C10H15N3O2S/c1-7-6-12-9(16-7)13-4-2-10(15,3-5-13)8(11)14/h6,15H,2-5H2,1H3,(H2,11,14). The van der Waals surface area contributed by atoms with Gasteiger partial charge in [0.25, 0.3) is 0 Å². The van der Waals surface area contributed by atoms with Crippen molar-refractivity contribution in [1.29, 1.82) is 0 Å². The minimum atomic E-state index is -1.33. The molecule has 6 heteroatoms. The third-order valence-electron chi connectivity index (χ3n) is 2.93. The highest BCUT2D eigenvalue weighted by Gasteiger charge is 2.38. The molecule has 1 amide bonds. The summed E-state index contributed by atoms with van der Waals surface area (Å²) in [6.07, 6.45) is 2.58. The predicted octanol–water partition coefficient (Wildman–Crippen LogP) is 0.268. The van der Waals surface area contributed by atoms with Gasteiger partial charge in [-0.3, -0.25) is 4.79 Å². The number of rotatable bonds is 2. The van der Waals surface area contributed by atoms with Crippen LogP contribution in [0.1, 0.15) is 17.7 Å². The third-order valence-corrected chi connectivity index (χ3v) is 3.90. The molecule has 0 aromatic carbocycles. The number of nitrogens with zero attached hydrogens (tertiary/aromatic N) is 2. The van der Waals surface area contributed by atoms with Crippen LogP contribution in [0.25, 0.3) is 0 Å². The van der Waals surface area contributed by atoms with E-state index in [2.05, 4.69) is 9.88 Å². The number of amides is 1. The second-order valence-electron chi connectivity index (χ2n) is 4.14. The Labute approximate surface area is 97.9 Å². The van der Waals surface area contributed by atoms with Gasteiger partial charge in [0.15, 0.2) is 5.13 Å². The van der Waals surface area contributed by atoms with E-state index in [4.69, 9.17) is 5.73 Å². The van der Waals surface area contributed by atoms with E-state index >= 15 is 0 Å². The molecule has 1 aromatic rings. The molecule has 16 heavy (non-hydrogen) atoms. The van der Waals surface area contributed by atoms with Crippen molar-refractivity contribution in [2.45, 2.75) is 25.4 Å². The number of primary amides is 1. The summed E-state index contributed by atoms with van der Waals surface area (Å²) >= 11 is 1.62. The second kappa shape index (κ2) is 4.03. The van der Waals surface area contributed by atoms with Gasteiger partial charge >= 0.3 is 0 Å². The van der Waals surface area contributed by atoms with Crippen LogP contribution in [0.15, 0.2) is 6.20 Å². The fourth-order valence-electron chi connectivity index (χ4n) is 1.80. The number of hydrogen-bond acceptors (Lipinski definition) is 5. The molecule has 1 aromatic heterocycles. The number of aliphatic hydroxyl groups is 1. The van der Waals surface area contributed by atoms with Crippen LogP contribution in [-0.2, 0) is 4.79 Å². The molecule has 0 radical (unpaired) electrons. The lowest BCUT2D eigenvalue weighted by Crippen LogP contribution is -2.52. The van der Waals surface area contributed by atoms with Crippen molar-refractivity contribution >= 4 is 22.4 Å².